The molecule has 1 N–H and O–H groups in total. The second-order valence-electron chi connectivity index (χ2n) is 7.44. The molecule has 0 bridgehead atoms. The summed E-state index contributed by atoms with van der Waals surface area (Å²) in [5, 5.41) is 14.2. The first-order valence-electron chi connectivity index (χ1n) is 10.1. The number of hydrogen-bond donors (Lipinski definition) is 1. The molecule has 0 saturated heterocycles. The summed E-state index contributed by atoms with van der Waals surface area (Å²) in [5.41, 5.74) is 1.49. The Labute approximate surface area is 216 Å². The fourth-order valence-electron chi connectivity index (χ4n) is 3.09. The number of rotatable bonds is 8. The Balaban J connectivity index is 1.82. The predicted molar refractivity (Wildman–Crippen MR) is 135 cm³/mol. The lowest BCUT2D eigenvalue weighted by atomic mass is 10.1. The molecule has 182 valence electrons. The molecule has 0 aliphatic carbocycles. The average molecular weight is 610 g/mol. The smallest absolute Gasteiger partial charge is 0.340 e. The minimum absolute atomic E-state index is 0.0122. The number of hydrogen-bond acceptors (Lipinski definition) is 6. The predicted octanol–water partition coefficient (Wildman–Crippen LogP) is 6.53. The van der Waals surface area contributed by atoms with Crippen molar-refractivity contribution in [3.8, 4) is 11.5 Å². The zero-order chi connectivity index (χ0) is 25.7. The summed E-state index contributed by atoms with van der Waals surface area (Å²) < 4.78 is 25.0. The van der Waals surface area contributed by atoms with E-state index in [0.717, 1.165) is 12.7 Å². The number of benzene rings is 3. The molecule has 1 atom stereocenters. The number of aryl methyl sites for hydroxylation is 1. The fraction of sp³-hybridized carbons (Fsp3) is 0.167. The van der Waals surface area contributed by atoms with Crippen molar-refractivity contribution < 1.29 is 28.4 Å². The number of anilines is 1. The molecule has 0 heterocycles. The summed E-state index contributed by atoms with van der Waals surface area (Å²) in [6, 6.07) is 14.0. The quantitative estimate of drug-likeness (QED) is 0.177. The van der Waals surface area contributed by atoms with Gasteiger partial charge in [-0.15, -0.1) is 0 Å². The molecule has 3 rings (SSSR count). The SMILES string of the molecule is COC(=O)C(F)Cc1cc(Br)c(Oc2ccc(NC(=O)c3ccc(C)cc3)c([N+](=O)[O-])c2)c(Br)c1. The number of esters is 1. The van der Waals surface area contributed by atoms with Crippen LogP contribution in [0.15, 0.2) is 63.5 Å². The van der Waals surface area contributed by atoms with Crippen LogP contribution in [0.25, 0.3) is 0 Å². The number of methoxy groups -OCH3 is 1. The normalized spacial score (nSPS) is 11.5. The molecule has 3 aromatic carbocycles. The standard InChI is InChI=1S/C24H19Br2FN2O6/c1-13-3-5-15(6-4-13)23(30)28-20-8-7-16(12-21(20)29(32)33)35-22-17(25)9-14(10-18(22)26)11-19(27)24(31)34-2/h3-10,12,19H,11H2,1-2H3,(H,28,30). The van der Waals surface area contributed by atoms with Gasteiger partial charge in [0.25, 0.3) is 11.6 Å². The van der Waals surface area contributed by atoms with Crippen LogP contribution in [0, 0.1) is 17.0 Å². The third kappa shape index (κ3) is 6.64. The van der Waals surface area contributed by atoms with E-state index in [0.29, 0.717) is 20.1 Å². The number of nitrogens with zero attached hydrogens (tertiary/aromatic N) is 1. The number of nitro benzene ring substituents is 1. The van der Waals surface area contributed by atoms with Crippen LogP contribution in [0.2, 0.25) is 0 Å². The lowest BCUT2D eigenvalue weighted by Crippen LogP contribution is -2.19. The van der Waals surface area contributed by atoms with Crippen LogP contribution in [0.5, 0.6) is 11.5 Å². The minimum atomic E-state index is -1.82. The van der Waals surface area contributed by atoms with Crippen molar-refractivity contribution in [1.29, 1.82) is 0 Å². The lowest BCUT2D eigenvalue weighted by Gasteiger charge is -2.14. The average Bonchev–Trinajstić information content (AvgIpc) is 2.81. The Morgan fingerprint density at radius 3 is 2.29 bits per heavy atom. The molecule has 0 saturated carbocycles. The summed E-state index contributed by atoms with van der Waals surface area (Å²) in [5.74, 6) is -1.04. The van der Waals surface area contributed by atoms with Crippen LogP contribution in [0.3, 0.4) is 0 Å². The molecule has 0 aliphatic rings. The first kappa shape index (κ1) is 26.3. The van der Waals surface area contributed by atoms with Gasteiger partial charge in [-0.3, -0.25) is 14.9 Å². The zero-order valence-corrected chi connectivity index (χ0v) is 21.7. The summed E-state index contributed by atoms with van der Waals surface area (Å²) in [6.45, 7) is 1.88. The maximum absolute atomic E-state index is 13.9. The molecule has 11 heteroatoms. The van der Waals surface area contributed by atoms with Gasteiger partial charge in [-0.05, 0) is 80.7 Å². The van der Waals surface area contributed by atoms with Crippen molar-refractivity contribution in [2.75, 3.05) is 12.4 Å². The van der Waals surface area contributed by atoms with E-state index >= 15 is 0 Å². The molecule has 1 unspecified atom stereocenters. The minimum Gasteiger partial charge on any atom is -0.467 e. The molecule has 35 heavy (non-hydrogen) atoms. The van der Waals surface area contributed by atoms with E-state index in [1.54, 1.807) is 36.4 Å². The molecular weight excluding hydrogens is 591 g/mol. The number of carbonyl (C=O) groups excluding carboxylic acids is 2. The van der Waals surface area contributed by atoms with Gasteiger partial charge in [0.2, 0.25) is 6.17 Å². The van der Waals surface area contributed by atoms with Crippen molar-refractivity contribution in [3.63, 3.8) is 0 Å². The highest BCUT2D eigenvalue weighted by molar-refractivity contribution is 9.11. The summed E-state index contributed by atoms with van der Waals surface area (Å²) in [7, 11) is 1.11. The van der Waals surface area contributed by atoms with Crippen molar-refractivity contribution in [1.82, 2.24) is 0 Å². The van der Waals surface area contributed by atoms with Crippen LogP contribution in [-0.4, -0.2) is 30.1 Å². The number of nitro groups is 1. The highest BCUT2D eigenvalue weighted by atomic mass is 79.9. The fourth-order valence-corrected chi connectivity index (χ4v) is 4.54. The number of amides is 1. The van der Waals surface area contributed by atoms with Crippen LogP contribution in [0.4, 0.5) is 15.8 Å². The van der Waals surface area contributed by atoms with Gasteiger partial charge in [-0.25, -0.2) is 9.18 Å². The van der Waals surface area contributed by atoms with E-state index < -0.39 is 23.0 Å². The Kier molecular flexibility index (Phi) is 8.57. The van der Waals surface area contributed by atoms with Gasteiger partial charge in [0.05, 0.1) is 27.0 Å². The van der Waals surface area contributed by atoms with Gasteiger partial charge in [-0.1, -0.05) is 17.7 Å². The van der Waals surface area contributed by atoms with Crippen molar-refractivity contribution >= 4 is 55.1 Å². The molecule has 0 fully saturated rings. The molecule has 0 aliphatic heterocycles. The van der Waals surface area contributed by atoms with Crippen molar-refractivity contribution in [2.45, 2.75) is 19.5 Å². The number of carbonyl (C=O) groups is 2. The van der Waals surface area contributed by atoms with E-state index in [1.165, 1.54) is 18.2 Å². The van der Waals surface area contributed by atoms with E-state index in [4.69, 9.17) is 4.74 Å². The van der Waals surface area contributed by atoms with E-state index in [2.05, 4.69) is 41.9 Å². The molecule has 0 radical (unpaired) electrons. The van der Waals surface area contributed by atoms with Gasteiger partial charge in [0.15, 0.2) is 5.75 Å². The second kappa shape index (κ2) is 11.4. The number of halogens is 3. The lowest BCUT2D eigenvalue weighted by molar-refractivity contribution is -0.384. The Morgan fingerprint density at radius 1 is 1.09 bits per heavy atom. The third-order valence-corrected chi connectivity index (χ3v) is 6.06. The van der Waals surface area contributed by atoms with Crippen LogP contribution in [0.1, 0.15) is 21.5 Å². The summed E-state index contributed by atoms with van der Waals surface area (Å²) >= 11 is 6.68. The van der Waals surface area contributed by atoms with Gasteiger partial charge >= 0.3 is 5.97 Å². The topological polar surface area (TPSA) is 108 Å². The van der Waals surface area contributed by atoms with Crippen LogP contribution in [-0.2, 0) is 16.0 Å². The highest BCUT2D eigenvalue weighted by Crippen LogP contribution is 2.40. The van der Waals surface area contributed by atoms with Gasteiger partial charge in [-0.2, -0.15) is 0 Å². The third-order valence-electron chi connectivity index (χ3n) is 4.88. The molecule has 0 spiro atoms. The zero-order valence-electron chi connectivity index (χ0n) is 18.5. The van der Waals surface area contributed by atoms with Crippen molar-refractivity contribution in [2.24, 2.45) is 0 Å². The van der Waals surface area contributed by atoms with Gasteiger partial charge in [0, 0.05) is 12.0 Å². The molecular formula is C24H19Br2FN2O6. The largest absolute Gasteiger partial charge is 0.467 e. The molecule has 3 aromatic rings. The first-order chi connectivity index (χ1) is 16.6. The van der Waals surface area contributed by atoms with Gasteiger partial charge in [0.1, 0.15) is 11.4 Å². The van der Waals surface area contributed by atoms with E-state index in [1.807, 2.05) is 6.92 Å². The second-order valence-corrected chi connectivity index (χ2v) is 9.15. The van der Waals surface area contributed by atoms with Crippen LogP contribution < -0.4 is 10.1 Å². The van der Waals surface area contributed by atoms with E-state index in [-0.39, 0.29) is 29.3 Å². The number of nitrogens with one attached hydrogen (secondary N) is 1. The Hall–Kier alpha value is -3.31. The molecule has 0 aromatic heterocycles. The Morgan fingerprint density at radius 2 is 1.71 bits per heavy atom. The Bertz CT molecular complexity index is 1260. The number of alkyl halides is 1. The van der Waals surface area contributed by atoms with E-state index in [9.17, 15) is 24.1 Å². The van der Waals surface area contributed by atoms with Gasteiger partial charge < -0.3 is 14.8 Å². The van der Waals surface area contributed by atoms with Crippen LogP contribution >= 0.6 is 31.9 Å². The highest BCUT2D eigenvalue weighted by Gasteiger charge is 2.22. The summed E-state index contributed by atoms with van der Waals surface area (Å²) in [4.78, 5) is 34.9. The number of ether oxygens (including phenoxy) is 2. The van der Waals surface area contributed by atoms with Crippen molar-refractivity contribution in [3.05, 3.63) is 90.3 Å². The summed E-state index contributed by atoms with van der Waals surface area (Å²) in [6.07, 6.45) is -2.03. The maximum Gasteiger partial charge on any atom is 0.340 e. The molecule has 8 nitrogen and oxygen atoms in total. The maximum atomic E-state index is 13.9. The monoisotopic (exact) mass is 608 g/mol. The first-order valence-corrected chi connectivity index (χ1v) is 11.7. The molecule has 1 amide bonds.